The van der Waals surface area contributed by atoms with E-state index in [0.29, 0.717) is 12.1 Å². The summed E-state index contributed by atoms with van der Waals surface area (Å²) in [7, 11) is 2.21. The summed E-state index contributed by atoms with van der Waals surface area (Å²) in [5.41, 5.74) is 1.41. The molecule has 0 aliphatic carbocycles. The second-order valence-electron chi connectivity index (χ2n) is 5.61. The highest BCUT2D eigenvalue weighted by atomic mass is 15.1. The molecule has 0 bridgehead atoms. The predicted octanol–water partition coefficient (Wildman–Crippen LogP) is 3.85. The van der Waals surface area contributed by atoms with Crippen LogP contribution in [0.4, 0.5) is 0 Å². The number of hydrogen-bond donors (Lipinski definition) is 1. The first kappa shape index (κ1) is 16.2. The number of rotatable bonds is 9. The van der Waals surface area contributed by atoms with Crippen LogP contribution in [-0.2, 0) is 0 Å². The first-order chi connectivity index (χ1) is 9.15. The van der Waals surface area contributed by atoms with Gasteiger partial charge < -0.3 is 10.2 Å². The maximum Gasteiger partial charge on any atom is 0.0317 e. The van der Waals surface area contributed by atoms with Crippen LogP contribution in [0.3, 0.4) is 0 Å². The van der Waals surface area contributed by atoms with Crippen LogP contribution < -0.4 is 5.32 Å². The number of unbranched alkanes of at least 4 members (excludes halogenated alkanes) is 1. The summed E-state index contributed by atoms with van der Waals surface area (Å²) in [6.07, 6.45) is 3.67. The summed E-state index contributed by atoms with van der Waals surface area (Å²) in [5.74, 6) is 0. The molecule has 108 valence electrons. The molecule has 0 amide bonds. The molecule has 1 atom stereocenters. The minimum absolute atomic E-state index is 0.504. The van der Waals surface area contributed by atoms with Crippen molar-refractivity contribution in [1.82, 2.24) is 10.2 Å². The molecular formula is C17H30N2. The van der Waals surface area contributed by atoms with Crippen molar-refractivity contribution in [2.24, 2.45) is 0 Å². The second-order valence-corrected chi connectivity index (χ2v) is 5.61. The minimum Gasteiger partial charge on any atom is -0.310 e. The Hall–Kier alpha value is -0.860. The second kappa shape index (κ2) is 9.11. The Morgan fingerprint density at radius 3 is 2.37 bits per heavy atom. The van der Waals surface area contributed by atoms with Gasteiger partial charge in [0.15, 0.2) is 0 Å². The summed E-state index contributed by atoms with van der Waals surface area (Å²) in [4.78, 5) is 2.41. The zero-order chi connectivity index (χ0) is 14.1. The Morgan fingerprint density at radius 1 is 1.11 bits per heavy atom. The van der Waals surface area contributed by atoms with Gasteiger partial charge in [0, 0.05) is 12.1 Å². The van der Waals surface area contributed by atoms with E-state index in [1.165, 1.54) is 24.9 Å². The van der Waals surface area contributed by atoms with Gasteiger partial charge in [0.25, 0.3) is 0 Å². The third kappa shape index (κ3) is 6.22. The maximum atomic E-state index is 3.67. The average Bonchev–Trinajstić information content (AvgIpc) is 2.43. The number of nitrogens with one attached hydrogen (secondary N) is 1. The van der Waals surface area contributed by atoms with Crippen molar-refractivity contribution in [3.8, 4) is 0 Å². The van der Waals surface area contributed by atoms with E-state index < -0.39 is 0 Å². The topological polar surface area (TPSA) is 15.3 Å². The molecule has 0 saturated carbocycles. The van der Waals surface area contributed by atoms with Gasteiger partial charge in [0.1, 0.15) is 0 Å². The zero-order valence-electron chi connectivity index (χ0n) is 13.0. The quantitative estimate of drug-likeness (QED) is 0.680. The van der Waals surface area contributed by atoms with Gasteiger partial charge in [-0.2, -0.15) is 0 Å². The Kier molecular flexibility index (Phi) is 7.76. The summed E-state index contributed by atoms with van der Waals surface area (Å²) >= 11 is 0. The van der Waals surface area contributed by atoms with Gasteiger partial charge in [-0.25, -0.2) is 0 Å². The summed E-state index contributed by atoms with van der Waals surface area (Å²) < 4.78 is 0. The fraction of sp³-hybridized carbons (Fsp3) is 0.647. The van der Waals surface area contributed by atoms with Crippen molar-refractivity contribution in [3.63, 3.8) is 0 Å². The lowest BCUT2D eigenvalue weighted by Gasteiger charge is -2.21. The number of hydrogen-bond acceptors (Lipinski definition) is 2. The van der Waals surface area contributed by atoms with Gasteiger partial charge in [-0.1, -0.05) is 37.3 Å². The van der Waals surface area contributed by atoms with E-state index in [-0.39, 0.29) is 0 Å². The van der Waals surface area contributed by atoms with E-state index in [0.717, 1.165) is 13.0 Å². The van der Waals surface area contributed by atoms with Crippen LogP contribution in [0.25, 0.3) is 0 Å². The molecule has 0 radical (unpaired) electrons. The van der Waals surface area contributed by atoms with Crippen molar-refractivity contribution in [1.29, 1.82) is 0 Å². The summed E-state index contributed by atoms with van der Waals surface area (Å²) in [6.45, 7) is 9.06. The SMILES string of the molecule is CCC(NCCCCN(C)C(C)C)c1ccccc1. The normalized spacial score (nSPS) is 13.2. The molecule has 0 saturated heterocycles. The van der Waals surface area contributed by atoms with Crippen LogP contribution in [0.1, 0.15) is 51.6 Å². The molecular weight excluding hydrogens is 232 g/mol. The highest BCUT2D eigenvalue weighted by Gasteiger charge is 2.07. The van der Waals surface area contributed by atoms with Crippen LogP contribution in [0.5, 0.6) is 0 Å². The first-order valence-electron chi connectivity index (χ1n) is 7.63. The van der Waals surface area contributed by atoms with Gasteiger partial charge in [0.05, 0.1) is 0 Å². The van der Waals surface area contributed by atoms with Crippen molar-refractivity contribution >= 4 is 0 Å². The molecule has 1 N–H and O–H groups in total. The largest absolute Gasteiger partial charge is 0.310 e. The summed E-state index contributed by atoms with van der Waals surface area (Å²) in [6, 6.07) is 11.9. The van der Waals surface area contributed by atoms with E-state index in [1.54, 1.807) is 0 Å². The van der Waals surface area contributed by atoms with E-state index >= 15 is 0 Å². The molecule has 1 unspecified atom stereocenters. The fourth-order valence-corrected chi connectivity index (χ4v) is 2.20. The van der Waals surface area contributed by atoms with Crippen LogP contribution in [0.2, 0.25) is 0 Å². The van der Waals surface area contributed by atoms with Gasteiger partial charge >= 0.3 is 0 Å². The van der Waals surface area contributed by atoms with Crippen LogP contribution in [0.15, 0.2) is 30.3 Å². The lowest BCUT2D eigenvalue weighted by Crippen LogP contribution is -2.28. The Bertz CT molecular complexity index is 321. The molecule has 0 aromatic heterocycles. The van der Waals surface area contributed by atoms with E-state index in [2.05, 4.69) is 68.4 Å². The third-order valence-electron chi connectivity index (χ3n) is 3.82. The van der Waals surface area contributed by atoms with Crippen LogP contribution >= 0.6 is 0 Å². The Balaban J connectivity index is 2.21. The van der Waals surface area contributed by atoms with Gasteiger partial charge in [-0.05, 0) is 58.8 Å². The molecule has 2 heteroatoms. The molecule has 1 aromatic rings. The van der Waals surface area contributed by atoms with Crippen LogP contribution in [-0.4, -0.2) is 31.1 Å². The molecule has 0 fully saturated rings. The predicted molar refractivity (Wildman–Crippen MR) is 84.5 cm³/mol. The van der Waals surface area contributed by atoms with Crippen molar-refractivity contribution < 1.29 is 0 Å². The molecule has 1 aromatic carbocycles. The first-order valence-corrected chi connectivity index (χ1v) is 7.63. The number of benzene rings is 1. The van der Waals surface area contributed by atoms with E-state index in [1.807, 2.05) is 0 Å². The highest BCUT2D eigenvalue weighted by molar-refractivity contribution is 5.18. The van der Waals surface area contributed by atoms with Gasteiger partial charge in [0.2, 0.25) is 0 Å². The molecule has 0 heterocycles. The molecule has 2 nitrogen and oxygen atoms in total. The lowest BCUT2D eigenvalue weighted by molar-refractivity contribution is 0.267. The monoisotopic (exact) mass is 262 g/mol. The molecule has 0 aliphatic rings. The standard InChI is InChI=1S/C17H30N2/c1-5-17(16-11-7-6-8-12-16)18-13-9-10-14-19(4)15(2)3/h6-8,11-12,15,17-18H,5,9-10,13-14H2,1-4H3. The zero-order valence-corrected chi connectivity index (χ0v) is 13.0. The van der Waals surface area contributed by atoms with Gasteiger partial charge in [-0.15, -0.1) is 0 Å². The van der Waals surface area contributed by atoms with Crippen molar-refractivity contribution in [3.05, 3.63) is 35.9 Å². The Labute approximate surface area is 119 Å². The number of nitrogens with zero attached hydrogens (tertiary/aromatic N) is 1. The smallest absolute Gasteiger partial charge is 0.0317 e. The average molecular weight is 262 g/mol. The molecule has 0 aliphatic heterocycles. The highest BCUT2D eigenvalue weighted by Crippen LogP contribution is 2.15. The van der Waals surface area contributed by atoms with Crippen molar-refractivity contribution in [2.75, 3.05) is 20.1 Å². The third-order valence-corrected chi connectivity index (χ3v) is 3.82. The summed E-state index contributed by atoms with van der Waals surface area (Å²) in [5, 5.41) is 3.67. The van der Waals surface area contributed by atoms with Crippen LogP contribution in [0, 0.1) is 0 Å². The van der Waals surface area contributed by atoms with E-state index in [9.17, 15) is 0 Å². The molecule has 19 heavy (non-hydrogen) atoms. The van der Waals surface area contributed by atoms with Crippen molar-refractivity contribution in [2.45, 2.75) is 52.1 Å². The molecule has 0 spiro atoms. The molecule has 1 rings (SSSR count). The minimum atomic E-state index is 0.504. The van der Waals surface area contributed by atoms with E-state index in [4.69, 9.17) is 0 Å². The maximum absolute atomic E-state index is 3.67. The fourth-order valence-electron chi connectivity index (χ4n) is 2.20. The van der Waals surface area contributed by atoms with Gasteiger partial charge in [-0.3, -0.25) is 0 Å². The Morgan fingerprint density at radius 2 is 1.79 bits per heavy atom. The lowest BCUT2D eigenvalue weighted by atomic mass is 10.0.